The van der Waals surface area contributed by atoms with Gasteiger partial charge in [0.05, 0.1) is 11.4 Å². The Morgan fingerprint density at radius 3 is 2.33 bits per heavy atom. The SMILES string of the molecule is CCCc1ccc(-n2nnc(C(=O)O)c2C(C)(C)C)cc1. The number of hydrogen-bond donors (Lipinski definition) is 1. The van der Waals surface area contributed by atoms with Crippen LogP contribution in [0.15, 0.2) is 24.3 Å². The molecule has 0 fully saturated rings. The summed E-state index contributed by atoms with van der Waals surface area (Å²) < 4.78 is 1.62. The number of hydrogen-bond acceptors (Lipinski definition) is 3. The van der Waals surface area contributed by atoms with Crippen LogP contribution in [-0.2, 0) is 11.8 Å². The van der Waals surface area contributed by atoms with Crippen molar-refractivity contribution in [3.05, 3.63) is 41.2 Å². The maximum absolute atomic E-state index is 11.3. The van der Waals surface area contributed by atoms with E-state index in [9.17, 15) is 9.90 Å². The minimum Gasteiger partial charge on any atom is -0.476 e. The highest BCUT2D eigenvalue weighted by molar-refractivity contribution is 5.87. The lowest BCUT2D eigenvalue weighted by Gasteiger charge is -2.20. The molecule has 0 atom stereocenters. The summed E-state index contributed by atoms with van der Waals surface area (Å²) in [6.45, 7) is 8.02. The zero-order chi connectivity index (χ0) is 15.6. The number of aryl methyl sites for hydroxylation is 1. The van der Waals surface area contributed by atoms with Crippen molar-refractivity contribution in [2.75, 3.05) is 0 Å². The molecule has 0 aliphatic heterocycles. The van der Waals surface area contributed by atoms with E-state index in [2.05, 4.69) is 17.2 Å². The number of carboxylic acid groups (broad SMARTS) is 1. The van der Waals surface area contributed by atoms with Crippen LogP contribution in [0, 0.1) is 0 Å². The van der Waals surface area contributed by atoms with Crippen LogP contribution >= 0.6 is 0 Å². The molecule has 0 spiro atoms. The van der Waals surface area contributed by atoms with E-state index < -0.39 is 5.97 Å². The zero-order valence-corrected chi connectivity index (χ0v) is 12.9. The molecule has 0 saturated heterocycles. The van der Waals surface area contributed by atoms with Gasteiger partial charge in [0.15, 0.2) is 5.69 Å². The molecule has 1 aromatic carbocycles. The summed E-state index contributed by atoms with van der Waals surface area (Å²) in [7, 11) is 0. The first-order chi connectivity index (χ1) is 9.84. The second-order valence-electron chi connectivity index (χ2n) is 6.17. The van der Waals surface area contributed by atoms with Crippen LogP contribution in [0.3, 0.4) is 0 Å². The van der Waals surface area contributed by atoms with Gasteiger partial charge in [-0.3, -0.25) is 0 Å². The molecular weight excluding hydrogens is 266 g/mol. The lowest BCUT2D eigenvalue weighted by Crippen LogP contribution is -2.21. The molecule has 1 heterocycles. The van der Waals surface area contributed by atoms with Crippen LogP contribution in [0.1, 0.15) is 55.9 Å². The van der Waals surface area contributed by atoms with Crippen molar-refractivity contribution in [1.82, 2.24) is 15.0 Å². The van der Waals surface area contributed by atoms with Crippen molar-refractivity contribution in [1.29, 1.82) is 0 Å². The fraction of sp³-hybridized carbons (Fsp3) is 0.438. The lowest BCUT2D eigenvalue weighted by molar-refractivity contribution is 0.0687. The minimum absolute atomic E-state index is 0.0140. The van der Waals surface area contributed by atoms with Crippen molar-refractivity contribution in [3.8, 4) is 5.69 Å². The summed E-state index contributed by atoms with van der Waals surface area (Å²) in [5.41, 5.74) is 2.36. The summed E-state index contributed by atoms with van der Waals surface area (Å²) in [5, 5.41) is 17.2. The van der Waals surface area contributed by atoms with Crippen LogP contribution in [0.4, 0.5) is 0 Å². The topological polar surface area (TPSA) is 68.0 Å². The highest BCUT2D eigenvalue weighted by Gasteiger charge is 2.29. The van der Waals surface area contributed by atoms with Gasteiger partial charge in [0.2, 0.25) is 0 Å². The van der Waals surface area contributed by atoms with Crippen molar-refractivity contribution >= 4 is 5.97 Å². The summed E-state index contributed by atoms with van der Waals surface area (Å²) in [6, 6.07) is 8.02. The van der Waals surface area contributed by atoms with Gasteiger partial charge in [-0.05, 0) is 24.1 Å². The third kappa shape index (κ3) is 3.12. The van der Waals surface area contributed by atoms with E-state index in [1.54, 1.807) is 4.68 Å². The van der Waals surface area contributed by atoms with Gasteiger partial charge in [0.25, 0.3) is 0 Å². The van der Waals surface area contributed by atoms with Gasteiger partial charge in [-0.2, -0.15) is 0 Å². The predicted molar refractivity (Wildman–Crippen MR) is 81.0 cm³/mol. The van der Waals surface area contributed by atoms with Crippen LogP contribution in [0.5, 0.6) is 0 Å². The third-order valence-electron chi connectivity index (χ3n) is 3.30. The Morgan fingerprint density at radius 1 is 1.24 bits per heavy atom. The monoisotopic (exact) mass is 287 g/mol. The average molecular weight is 287 g/mol. The van der Waals surface area contributed by atoms with Crippen LogP contribution in [-0.4, -0.2) is 26.1 Å². The number of aromatic carboxylic acids is 1. The molecule has 0 bridgehead atoms. The summed E-state index contributed by atoms with van der Waals surface area (Å²) in [5.74, 6) is -1.05. The van der Waals surface area contributed by atoms with Crippen molar-refractivity contribution in [2.24, 2.45) is 0 Å². The summed E-state index contributed by atoms with van der Waals surface area (Å²) in [6.07, 6.45) is 2.13. The second kappa shape index (κ2) is 5.68. The summed E-state index contributed by atoms with van der Waals surface area (Å²) in [4.78, 5) is 11.3. The van der Waals surface area contributed by atoms with Gasteiger partial charge in [-0.25, -0.2) is 9.48 Å². The Labute approximate surface area is 124 Å². The Balaban J connectivity index is 2.51. The number of nitrogens with zero attached hydrogens (tertiary/aromatic N) is 3. The standard InChI is InChI=1S/C16H21N3O2/c1-5-6-11-7-9-12(10-8-11)19-14(16(2,3)4)13(15(20)21)17-18-19/h7-10H,5-6H2,1-4H3,(H,20,21). The quantitative estimate of drug-likeness (QED) is 0.937. The first-order valence-electron chi connectivity index (χ1n) is 7.13. The van der Waals surface area contributed by atoms with Gasteiger partial charge in [0.1, 0.15) is 0 Å². The molecule has 0 saturated carbocycles. The van der Waals surface area contributed by atoms with Gasteiger partial charge in [0, 0.05) is 5.41 Å². The Hall–Kier alpha value is -2.17. The lowest BCUT2D eigenvalue weighted by atomic mass is 9.90. The first kappa shape index (κ1) is 15.2. The molecule has 5 nitrogen and oxygen atoms in total. The second-order valence-corrected chi connectivity index (χ2v) is 6.17. The van der Waals surface area contributed by atoms with Crippen molar-refractivity contribution in [2.45, 2.75) is 46.0 Å². The Morgan fingerprint density at radius 2 is 1.86 bits per heavy atom. The Bertz CT molecular complexity index is 637. The smallest absolute Gasteiger partial charge is 0.358 e. The Kier molecular flexibility index (Phi) is 4.11. The molecule has 0 amide bonds. The number of carboxylic acids is 1. The molecule has 0 unspecified atom stereocenters. The largest absolute Gasteiger partial charge is 0.476 e. The first-order valence-corrected chi connectivity index (χ1v) is 7.13. The van der Waals surface area contributed by atoms with E-state index in [4.69, 9.17) is 0 Å². The highest BCUT2D eigenvalue weighted by atomic mass is 16.4. The van der Waals surface area contributed by atoms with E-state index in [-0.39, 0.29) is 11.1 Å². The van der Waals surface area contributed by atoms with Gasteiger partial charge in [-0.15, -0.1) is 5.10 Å². The summed E-state index contributed by atoms with van der Waals surface area (Å²) >= 11 is 0. The van der Waals surface area contributed by atoms with Crippen molar-refractivity contribution < 1.29 is 9.90 Å². The number of benzene rings is 1. The van der Waals surface area contributed by atoms with E-state index in [1.165, 1.54) is 5.56 Å². The van der Waals surface area contributed by atoms with Gasteiger partial charge in [-0.1, -0.05) is 51.5 Å². The molecule has 0 radical (unpaired) electrons. The fourth-order valence-electron chi connectivity index (χ4n) is 2.37. The number of carbonyl (C=O) groups is 1. The minimum atomic E-state index is -1.05. The van der Waals surface area contributed by atoms with E-state index >= 15 is 0 Å². The zero-order valence-electron chi connectivity index (χ0n) is 12.9. The van der Waals surface area contributed by atoms with E-state index in [1.807, 2.05) is 45.0 Å². The van der Waals surface area contributed by atoms with Crippen LogP contribution in [0.2, 0.25) is 0 Å². The van der Waals surface area contributed by atoms with Crippen molar-refractivity contribution in [3.63, 3.8) is 0 Å². The molecule has 1 aromatic heterocycles. The predicted octanol–water partition coefficient (Wildman–Crippen LogP) is 3.22. The molecule has 0 aliphatic carbocycles. The molecule has 5 heteroatoms. The molecule has 2 rings (SSSR count). The molecular formula is C16H21N3O2. The molecule has 112 valence electrons. The highest BCUT2D eigenvalue weighted by Crippen LogP contribution is 2.27. The third-order valence-corrected chi connectivity index (χ3v) is 3.30. The maximum atomic E-state index is 11.3. The van der Waals surface area contributed by atoms with E-state index in [0.717, 1.165) is 18.5 Å². The average Bonchev–Trinajstić information content (AvgIpc) is 2.85. The van der Waals surface area contributed by atoms with Crippen LogP contribution < -0.4 is 0 Å². The maximum Gasteiger partial charge on any atom is 0.358 e. The number of aromatic nitrogens is 3. The van der Waals surface area contributed by atoms with Crippen LogP contribution in [0.25, 0.3) is 5.69 Å². The van der Waals surface area contributed by atoms with E-state index in [0.29, 0.717) is 5.69 Å². The van der Waals surface area contributed by atoms with Gasteiger partial charge >= 0.3 is 5.97 Å². The molecule has 0 aliphatic rings. The molecule has 2 aromatic rings. The number of rotatable bonds is 4. The van der Waals surface area contributed by atoms with Gasteiger partial charge < -0.3 is 5.11 Å². The molecule has 21 heavy (non-hydrogen) atoms. The normalized spacial score (nSPS) is 11.6. The fourth-order valence-corrected chi connectivity index (χ4v) is 2.37. The molecule has 1 N–H and O–H groups in total.